The number of halogens is 1. The molecular weight excluding hydrogens is 336 g/mol. The summed E-state index contributed by atoms with van der Waals surface area (Å²) in [5.74, 6) is 0. The Morgan fingerprint density at radius 3 is 2.52 bits per heavy atom. The molecule has 0 unspecified atom stereocenters. The maximum Gasteiger partial charge on any atom is 0.270 e. The van der Waals surface area contributed by atoms with Gasteiger partial charge in [-0.25, -0.2) is 0 Å². The molecule has 0 bridgehead atoms. The average Bonchev–Trinajstić information content (AvgIpc) is 2.63. The summed E-state index contributed by atoms with van der Waals surface area (Å²) >= 11 is 3.29. The molecule has 1 aliphatic carbocycles. The second-order valence-electron chi connectivity index (χ2n) is 5.82. The molecule has 0 aliphatic heterocycles. The molecular formula is C15H21BrN2O3. The van der Waals surface area contributed by atoms with Crippen LogP contribution in [0.5, 0.6) is 0 Å². The number of nitrogens with zero attached hydrogens (tertiary/aromatic N) is 1. The first-order chi connectivity index (χ1) is 9.98. The molecule has 0 radical (unpaired) electrons. The molecule has 21 heavy (non-hydrogen) atoms. The third-order valence-corrected chi connectivity index (χ3v) is 4.43. The van der Waals surface area contributed by atoms with Gasteiger partial charge >= 0.3 is 0 Å². The summed E-state index contributed by atoms with van der Waals surface area (Å²) in [5, 5.41) is 24.6. The van der Waals surface area contributed by atoms with Crippen molar-refractivity contribution in [3.63, 3.8) is 0 Å². The fraction of sp³-hybridized carbons (Fsp3) is 0.600. The maximum absolute atomic E-state index is 10.8. The van der Waals surface area contributed by atoms with Gasteiger partial charge in [-0.1, -0.05) is 41.6 Å². The van der Waals surface area contributed by atoms with E-state index in [1.165, 1.54) is 18.9 Å². The highest BCUT2D eigenvalue weighted by molar-refractivity contribution is 9.10. The molecule has 0 saturated heterocycles. The van der Waals surface area contributed by atoms with Crippen molar-refractivity contribution < 1.29 is 10.0 Å². The van der Waals surface area contributed by atoms with Crippen LogP contribution in [0.1, 0.15) is 44.1 Å². The Labute approximate surface area is 133 Å². The SMILES string of the molecule is O=[N+]([O-])c1cc(Br)cc(CNCC2(O)CCCCCC2)c1. The van der Waals surface area contributed by atoms with Crippen LogP contribution in [0, 0.1) is 10.1 Å². The van der Waals surface area contributed by atoms with Crippen LogP contribution in [-0.2, 0) is 6.54 Å². The lowest BCUT2D eigenvalue weighted by atomic mass is 9.94. The molecule has 1 aliphatic rings. The van der Waals surface area contributed by atoms with E-state index in [4.69, 9.17) is 0 Å². The van der Waals surface area contributed by atoms with E-state index in [1.807, 2.05) is 6.07 Å². The first-order valence-electron chi connectivity index (χ1n) is 7.35. The van der Waals surface area contributed by atoms with Gasteiger partial charge in [-0.2, -0.15) is 0 Å². The number of hydrogen-bond acceptors (Lipinski definition) is 4. The summed E-state index contributed by atoms with van der Waals surface area (Å²) in [6.45, 7) is 1.05. The number of nitrogens with one attached hydrogen (secondary N) is 1. The lowest BCUT2D eigenvalue weighted by Gasteiger charge is -2.27. The highest BCUT2D eigenvalue weighted by Gasteiger charge is 2.27. The first-order valence-corrected chi connectivity index (χ1v) is 8.15. The number of nitro groups is 1. The quantitative estimate of drug-likeness (QED) is 0.480. The summed E-state index contributed by atoms with van der Waals surface area (Å²) in [6.07, 6.45) is 6.19. The van der Waals surface area contributed by atoms with Crippen molar-refractivity contribution in [3.05, 3.63) is 38.3 Å². The van der Waals surface area contributed by atoms with Crippen LogP contribution in [0.25, 0.3) is 0 Å². The van der Waals surface area contributed by atoms with Crippen molar-refractivity contribution in [2.45, 2.75) is 50.7 Å². The summed E-state index contributed by atoms with van der Waals surface area (Å²) in [5.41, 5.74) is 0.289. The van der Waals surface area contributed by atoms with Gasteiger partial charge in [0.1, 0.15) is 0 Å². The molecule has 0 heterocycles. The Kier molecular flexibility index (Phi) is 5.72. The fourth-order valence-electron chi connectivity index (χ4n) is 2.84. The fourth-order valence-corrected chi connectivity index (χ4v) is 3.37. The molecule has 0 spiro atoms. The number of nitro benzene ring substituents is 1. The predicted octanol–water partition coefficient (Wildman–Crippen LogP) is 3.53. The van der Waals surface area contributed by atoms with Crippen LogP contribution in [0.3, 0.4) is 0 Å². The average molecular weight is 357 g/mol. The van der Waals surface area contributed by atoms with Crippen molar-refractivity contribution in [1.82, 2.24) is 5.32 Å². The van der Waals surface area contributed by atoms with Gasteiger partial charge in [-0.05, 0) is 24.5 Å². The molecule has 6 heteroatoms. The third-order valence-electron chi connectivity index (χ3n) is 3.97. The van der Waals surface area contributed by atoms with E-state index in [0.717, 1.165) is 31.2 Å². The Bertz CT molecular complexity index is 500. The zero-order valence-electron chi connectivity index (χ0n) is 12.0. The Balaban J connectivity index is 1.92. The monoisotopic (exact) mass is 356 g/mol. The molecule has 0 aromatic heterocycles. The lowest BCUT2D eigenvalue weighted by Crippen LogP contribution is -2.39. The molecule has 1 aromatic rings. The third kappa shape index (κ3) is 5.05. The summed E-state index contributed by atoms with van der Waals surface area (Å²) in [4.78, 5) is 10.4. The summed E-state index contributed by atoms with van der Waals surface area (Å²) in [6, 6.07) is 4.91. The van der Waals surface area contributed by atoms with Crippen LogP contribution >= 0.6 is 15.9 Å². The van der Waals surface area contributed by atoms with Crippen molar-refractivity contribution in [2.24, 2.45) is 0 Å². The minimum atomic E-state index is -0.631. The van der Waals surface area contributed by atoms with Gasteiger partial charge in [-0.15, -0.1) is 0 Å². The minimum absolute atomic E-state index is 0.0781. The van der Waals surface area contributed by atoms with Crippen molar-refractivity contribution in [3.8, 4) is 0 Å². The molecule has 1 fully saturated rings. The van der Waals surface area contributed by atoms with E-state index in [-0.39, 0.29) is 5.69 Å². The number of aliphatic hydroxyl groups is 1. The van der Waals surface area contributed by atoms with Gasteiger partial charge in [0.25, 0.3) is 5.69 Å². The smallest absolute Gasteiger partial charge is 0.270 e. The highest BCUT2D eigenvalue weighted by atomic mass is 79.9. The Morgan fingerprint density at radius 2 is 1.90 bits per heavy atom. The molecule has 116 valence electrons. The van der Waals surface area contributed by atoms with E-state index >= 15 is 0 Å². The Hall–Kier alpha value is -0.980. The van der Waals surface area contributed by atoms with Gasteiger partial charge in [0.05, 0.1) is 10.5 Å². The van der Waals surface area contributed by atoms with E-state index in [0.29, 0.717) is 17.6 Å². The number of benzene rings is 1. The highest BCUT2D eigenvalue weighted by Crippen LogP contribution is 2.26. The van der Waals surface area contributed by atoms with Crippen molar-refractivity contribution >= 4 is 21.6 Å². The standard InChI is InChI=1S/C15H21BrN2O3/c16-13-7-12(8-14(9-13)18(20)21)10-17-11-15(19)5-3-1-2-4-6-15/h7-9,17,19H,1-6,10-11H2. The van der Waals surface area contributed by atoms with Crippen LogP contribution in [-0.4, -0.2) is 22.2 Å². The largest absolute Gasteiger partial charge is 0.389 e. The van der Waals surface area contributed by atoms with E-state index in [1.54, 1.807) is 6.07 Å². The van der Waals surface area contributed by atoms with Gasteiger partial charge in [0, 0.05) is 29.7 Å². The van der Waals surface area contributed by atoms with Gasteiger partial charge in [0.15, 0.2) is 0 Å². The molecule has 2 N–H and O–H groups in total. The van der Waals surface area contributed by atoms with Crippen LogP contribution in [0.2, 0.25) is 0 Å². The molecule has 1 aromatic carbocycles. The lowest BCUT2D eigenvalue weighted by molar-refractivity contribution is -0.385. The summed E-state index contributed by atoms with van der Waals surface area (Å²) in [7, 11) is 0. The molecule has 1 saturated carbocycles. The first kappa shape index (κ1) is 16.4. The molecule has 5 nitrogen and oxygen atoms in total. The van der Waals surface area contributed by atoms with Crippen molar-refractivity contribution in [2.75, 3.05) is 6.54 Å². The van der Waals surface area contributed by atoms with Crippen LogP contribution in [0.4, 0.5) is 5.69 Å². The maximum atomic E-state index is 10.8. The molecule has 2 rings (SSSR count). The normalized spacial score (nSPS) is 18.2. The number of hydrogen-bond donors (Lipinski definition) is 2. The number of non-ortho nitro benzene ring substituents is 1. The second kappa shape index (κ2) is 7.33. The van der Waals surface area contributed by atoms with Gasteiger partial charge < -0.3 is 10.4 Å². The van der Waals surface area contributed by atoms with Gasteiger partial charge in [0.2, 0.25) is 0 Å². The van der Waals surface area contributed by atoms with E-state index in [2.05, 4.69) is 21.2 Å². The zero-order chi connectivity index (χ0) is 15.3. The second-order valence-corrected chi connectivity index (χ2v) is 6.73. The topological polar surface area (TPSA) is 75.4 Å². The van der Waals surface area contributed by atoms with Crippen LogP contribution in [0.15, 0.2) is 22.7 Å². The van der Waals surface area contributed by atoms with Crippen molar-refractivity contribution in [1.29, 1.82) is 0 Å². The zero-order valence-corrected chi connectivity index (χ0v) is 13.6. The van der Waals surface area contributed by atoms with Gasteiger partial charge in [-0.3, -0.25) is 10.1 Å². The molecule has 0 amide bonds. The molecule has 0 atom stereocenters. The predicted molar refractivity (Wildman–Crippen MR) is 85.2 cm³/mol. The minimum Gasteiger partial charge on any atom is -0.389 e. The number of rotatable bonds is 5. The summed E-state index contributed by atoms with van der Waals surface area (Å²) < 4.78 is 0.696. The van der Waals surface area contributed by atoms with Crippen LogP contribution < -0.4 is 5.32 Å². The van der Waals surface area contributed by atoms with E-state index < -0.39 is 10.5 Å². The van der Waals surface area contributed by atoms with E-state index in [9.17, 15) is 15.2 Å². The Morgan fingerprint density at radius 1 is 1.24 bits per heavy atom.